The third kappa shape index (κ3) is 24.4. The fourth-order valence-corrected chi connectivity index (χ4v) is 9.08. The number of hydrogen-bond donors (Lipinski definition) is 1. The Morgan fingerprint density at radius 3 is 1.52 bits per heavy atom. The normalized spacial score (nSPS) is 20.0. The Labute approximate surface area is 350 Å². The third-order valence-corrected chi connectivity index (χ3v) is 12.7. The molecular weight excluding hydrogens is 685 g/mol. The summed E-state index contributed by atoms with van der Waals surface area (Å²) in [6, 6.07) is 1.75. The molecule has 0 aromatic heterocycles. The van der Waals surface area contributed by atoms with Crippen LogP contribution in [0.25, 0.3) is 0 Å². The molecular formula is C50H98N6. The fourth-order valence-electron chi connectivity index (χ4n) is 9.08. The Hall–Kier alpha value is -1.59. The van der Waals surface area contributed by atoms with Crippen molar-refractivity contribution in [2.75, 3.05) is 33.7 Å². The zero-order chi connectivity index (χ0) is 40.8. The summed E-state index contributed by atoms with van der Waals surface area (Å²) in [6.45, 7) is 18.9. The van der Waals surface area contributed by atoms with E-state index in [4.69, 9.17) is 15.0 Å². The summed E-state index contributed by atoms with van der Waals surface area (Å²) in [5.41, 5.74) is 0. The van der Waals surface area contributed by atoms with E-state index >= 15 is 0 Å². The minimum absolute atomic E-state index is 0.405. The van der Waals surface area contributed by atoms with E-state index < -0.39 is 0 Å². The van der Waals surface area contributed by atoms with Gasteiger partial charge in [-0.2, -0.15) is 0 Å². The highest BCUT2D eigenvalue weighted by atomic mass is 15.2. The molecule has 328 valence electrons. The molecule has 0 amide bonds. The van der Waals surface area contributed by atoms with Gasteiger partial charge in [-0.05, 0) is 76.5 Å². The molecule has 4 aliphatic carbocycles. The van der Waals surface area contributed by atoms with Crippen LogP contribution in [0, 0.1) is 17.8 Å². The summed E-state index contributed by atoms with van der Waals surface area (Å²) in [5.74, 6) is 6.55. The van der Waals surface area contributed by atoms with Gasteiger partial charge in [0.25, 0.3) is 0 Å². The minimum atomic E-state index is 0.405. The summed E-state index contributed by atoms with van der Waals surface area (Å²) in [7, 11) is 4.44. The molecule has 0 aromatic rings. The zero-order valence-corrected chi connectivity index (χ0v) is 39.3. The molecule has 0 unspecified atom stereocenters. The lowest BCUT2D eigenvalue weighted by Gasteiger charge is -2.29. The lowest BCUT2D eigenvalue weighted by atomic mass is 9.86. The van der Waals surface area contributed by atoms with Gasteiger partial charge in [-0.15, -0.1) is 0 Å². The van der Waals surface area contributed by atoms with Crippen LogP contribution in [0.5, 0.6) is 0 Å². The average molecular weight is 783 g/mol. The highest BCUT2D eigenvalue weighted by Crippen LogP contribution is 2.29. The number of hydrogen-bond acceptors (Lipinski definition) is 3. The first kappa shape index (κ1) is 50.6. The largest absolute Gasteiger partial charge is 0.371 e. The van der Waals surface area contributed by atoms with Crippen molar-refractivity contribution in [3.63, 3.8) is 0 Å². The number of nitrogens with one attached hydrogen (secondary N) is 1. The molecule has 1 N–H and O–H groups in total. The predicted molar refractivity (Wildman–Crippen MR) is 251 cm³/mol. The summed E-state index contributed by atoms with van der Waals surface area (Å²) < 4.78 is 0. The molecule has 0 saturated heterocycles. The monoisotopic (exact) mass is 783 g/mol. The first-order valence-electron chi connectivity index (χ1n) is 25.0. The van der Waals surface area contributed by atoms with Crippen LogP contribution < -0.4 is 5.32 Å². The first-order valence-corrected chi connectivity index (χ1v) is 25.0. The molecule has 4 fully saturated rings. The number of amidine groups is 3. The smallest absolute Gasteiger partial charge is 0.0992 e. The van der Waals surface area contributed by atoms with Crippen molar-refractivity contribution < 1.29 is 0 Å². The lowest BCUT2D eigenvalue weighted by Crippen LogP contribution is -2.37. The van der Waals surface area contributed by atoms with E-state index in [1.165, 1.54) is 204 Å². The summed E-state index contributed by atoms with van der Waals surface area (Å²) in [5, 5.41) is 3.81. The molecule has 0 aliphatic heterocycles. The molecule has 0 spiro atoms. The van der Waals surface area contributed by atoms with Crippen molar-refractivity contribution in [2.24, 2.45) is 32.7 Å². The molecule has 4 saturated carbocycles. The van der Waals surface area contributed by atoms with Gasteiger partial charge in [-0.3, -0.25) is 15.0 Å². The second-order valence-electron chi connectivity index (χ2n) is 19.2. The van der Waals surface area contributed by atoms with Crippen molar-refractivity contribution in [3.05, 3.63) is 0 Å². The summed E-state index contributed by atoms with van der Waals surface area (Å²) >= 11 is 0. The van der Waals surface area contributed by atoms with Gasteiger partial charge in [0.2, 0.25) is 0 Å². The molecule has 0 bridgehead atoms. The van der Waals surface area contributed by atoms with Gasteiger partial charge in [0.15, 0.2) is 0 Å². The van der Waals surface area contributed by atoms with E-state index in [0.29, 0.717) is 24.0 Å². The Morgan fingerprint density at radius 2 is 1.04 bits per heavy atom. The van der Waals surface area contributed by atoms with Crippen LogP contribution in [0.3, 0.4) is 0 Å². The molecule has 56 heavy (non-hydrogen) atoms. The van der Waals surface area contributed by atoms with Crippen LogP contribution in [-0.2, 0) is 0 Å². The molecule has 0 aromatic carbocycles. The number of nitrogens with zero attached hydrogens (tertiary/aromatic N) is 5. The Kier molecular flexibility index (Phi) is 29.1. The standard InChI is InChI=1S/C19H36N2.C18H34N2.C13H28N2/c1-3-4-15-21(2)19(16-17-11-7-5-8-12-17)20-18-13-9-6-10-14-18;1-2-3-14-19-18(15-16-10-6-4-7-11-16)20-17-12-8-5-9-13-17;1-7-8-9-15(6)13(10-11(2)3)14-12(4)5/h17-18H,3-16H2,1-2H3;16-17H,2-15H2,1H3,(H,19,20);11-12H,7-10H2,1-6H3. The van der Waals surface area contributed by atoms with Gasteiger partial charge in [-0.1, -0.05) is 157 Å². The van der Waals surface area contributed by atoms with Crippen molar-refractivity contribution in [3.8, 4) is 0 Å². The van der Waals surface area contributed by atoms with Crippen LogP contribution in [0.1, 0.15) is 235 Å². The zero-order valence-electron chi connectivity index (χ0n) is 39.3. The first-order chi connectivity index (χ1) is 27.1. The van der Waals surface area contributed by atoms with Crippen LogP contribution in [0.15, 0.2) is 15.0 Å². The van der Waals surface area contributed by atoms with Crippen molar-refractivity contribution >= 4 is 17.5 Å². The molecule has 0 radical (unpaired) electrons. The maximum Gasteiger partial charge on any atom is 0.0992 e. The van der Waals surface area contributed by atoms with E-state index in [0.717, 1.165) is 31.3 Å². The van der Waals surface area contributed by atoms with E-state index in [-0.39, 0.29) is 0 Å². The lowest BCUT2D eigenvalue weighted by molar-refractivity contribution is 0.350. The number of rotatable bonds is 18. The van der Waals surface area contributed by atoms with Gasteiger partial charge in [0.1, 0.15) is 0 Å². The van der Waals surface area contributed by atoms with Crippen LogP contribution in [0.2, 0.25) is 0 Å². The quantitative estimate of drug-likeness (QED) is 0.0856. The molecule has 4 rings (SSSR count). The molecule has 6 heteroatoms. The third-order valence-electron chi connectivity index (χ3n) is 12.7. The van der Waals surface area contributed by atoms with Crippen LogP contribution in [-0.4, -0.2) is 79.2 Å². The van der Waals surface area contributed by atoms with Gasteiger partial charge in [0, 0.05) is 65.1 Å². The molecule has 0 heterocycles. The minimum Gasteiger partial charge on any atom is -0.371 e. The Morgan fingerprint density at radius 1 is 0.571 bits per heavy atom. The highest BCUT2D eigenvalue weighted by molar-refractivity contribution is 5.83. The number of aliphatic imine (C=N–C) groups is 3. The molecule has 6 nitrogen and oxygen atoms in total. The van der Waals surface area contributed by atoms with Crippen LogP contribution >= 0.6 is 0 Å². The van der Waals surface area contributed by atoms with E-state index in [2.05, 4.69) is 77.7 Å². The highest BCUT2D eigenvalue weighted by Gasteiger charge is 2.21. The second-order valence-corrected chi connectivity index (χ2v) is 19.2. The van der Waals surface area contributed by atoms with Crippen molar-refractivity contribution in [1.29, 1.82) is 0 Å². The maximum absolute atomic E-state index is 5.23. The van der Waals surface area contributed by atoms with Gasteiger partial charge in [0.05, 0.1) is 23.5 Å². The average Bonchev–Trinajstić information content (AvgIpc) is 3.20. The van der Waals surface area contributed by atoms with Crippen LogP contribution in [0.4, 0.5) is 0 Å². The Balaban J connectivity index is 0.000000295. The summed E-state index contributed by atoms with van der Waals surface area (Å²) in [4.78, 5) is 19.6. The molecule has 0 atom stereocenters. The number of unbranched alkanes of at least 4 members (excludes halogenated alkanes) is 3. The molecule has 4 aliphatic rings. The van der Waals surface area contributed by atoms with Crippen molar-refractivity contribution in [1.82, 2.24) is 15.1 Å². The van der Waals surface area contributed by atoms with E-state index in [1.54, 1.807) is 0 Å². The van der Waals surface area contributed by atoms with E-state index in [1.807, 2.05) is 0 Å². The van der Waals surface area contributed by atoms with Gasteiger partial charge >= 0.3 is 0 Å². The summed E-state index contributed by atoms with van der Waals surface area (Å²) in [6.07, 6.45) is 39.4. The second kappa shape index (κ2) is 32.3. The van der Waals surface area contributed by atoms with Crippen molar-refractivity contribution in [2.45, 2.75) is 253 Å². The topological polar surface area (TPSA) is 55.6 Å². The predicted octanol–water partition coefficient (Wildman–Crippen LogP) is 14.1. The van der Waals surface area contributed by atoms with Gasteiger partial charge < -0.3 is 15.1 Å². The fraction of sp³-hybridized carbons (Fsp3) is 0.940. The Bertz CT molecular complexity index is 987. The van der Waals surface area contributed by atoms with E-state index in [9.17, 15) is 0 Å². The van der Waals surface area contributed by atoms with Gasteiger partial charge in [-0.25, -0.2) is 0 Å². The SMILES string of the molecule is CCCCN(C)C(CC(C)C)=NC(C)C.CCCCN(C)C(CC1CCCCC1)=NC1CCCCC1.CCCCN=C(CC1CCCCC1)NC1CCCCC1. The maximum atomic E-state index is 5.23.